The Morgan fingerprint density at radius 2 is 2.44 bits per heavy atom. The van der Waals surface area contributed by atoms with Gasteiger partial charge in [0.2, 0.25) is 0 Å². The number of hydrogen-bond acceptors (Lipinski definition) is 4. The van der Waals surface area contributed by atoms with Gasteiger partial charge in [-0.15, -0.1) is 0 Å². The van der Waals surface area contributed by atoms with Crippen molar-refractivity contribution in [2.75, 3.05) is 23.5 Å². The molecule has 0 radical (unpaired) electrons. The van der Waals surface area contributed by atoms with Crippen molar-refractivity contribution < 1.29 is 4.74 Å². The number of fused-ring (bicyclic) bond motifs is 1. The van der Waals surface area contributed by atoms with E-state index in [0.717, 1.165) is 35.7 Å². The van der Waals surface area contributed by atoms with Crippen LogP contribution >= 0.6 is 15.9 Å². The van der Waals surface area contributed by atoms with Crippen LogP contribution in [0.2, 0.25) is 0 Å². The summed E-state index contributed by atoms with van der Waals surface area (Å²) in [6.07, 6.45) is 5.52. The van der Waals surface area contributed by atoms with Crippen molar-refractivity contribution in [1.82, 2.24) is 4.98 Å². The molecule has 3 rings (SSSR count). The average Bonchev–Trinajstić information content (AvgIpc) is 2.75. The second-order valence-electron chi connectivity index (χ2n) is 4.12. The van der Waals surface area contributed by atoms with E-state index in [1.165, 1.54) is 12.8 Å². The second-order valence-corrected chi connectivity index (χ2v) is 4.97. The maximum absolute atomic E-state index is 5.79. The Bertz CT molecular complexity index is 393. The fourth-order valence-corrected chi connectivity index (χ4v) is 2.69. The van der Waals surface area contributed by atoms with Crippen LogP contribution in [0.15, 0.2) is 16.7 Å². The van der Waals surface area contributed by atoms with E-state index in [-0.39, 0.29) is 6.23 Å². The zero-order valence-electron chi connectivity index (χ0n) is 8.95. The fourth-order valence-electron chi connectivity index (χ4n) is 2.26. The highest BCUT2D eigenvalue weighted by Gasteiger charge is 2.29. The van der Waals surface area contributed by atoms with E-state index in [4.69, 9.17) is 4.74 Å². The number of pyridine rings is 1. The molecule has 1 atom stereocenters. The largest absolute Gasteiger partial charge is 0.364 e. The highest BCUT2D eigenvalue weighted by molar-refractivity contribution is 9.10. The van der Waals surface area contributed by atoms with E-state index in [1.807, 2.05) is 12.3 Å². The summed E-state index contributed by atoms with van der Waals surface area (Å²) in [6.45, 7) is 1.65. The quantitative estimate of drug-likeness (QED) is 0.860. The molecule has 5 heteroatoms. The average molecular weight is 284 g/mol. The molecule has 1 unspecified atom stereocenters. The molecule has 0 amide bonds. The van der Waals surface area contributed by atoms with Crippen molar-refractivity contribution in [2.45, 2.75) is 25.5 Å². The van der Waals surface area contributed by atoms with Crippen LogP contribution < -0.4 is 10.2 Å². The molecule has 0 saturated carbocycles. The van der Waals surface area contributed by atoms with Gasteiger partial charge in [-0.1, -0.05) is 0 Å². The van der Waals surface area contributed by atoms with Crippen molar-refractivity contribution in [2.24, 2.45) is 0 Å². The summed E-state index contributed by atoms with van der Waals surface area (Å²) in [5.74, 6) is 1.00. The molecule has 4 nitrogen and oxygen atoms in total. The maximum atomic E-state index is 5.79. The normalized spacial score (nSPS) is 24.1. The summed E-state index contributed by atoms with van der Waals surface area (Å²) in [7, 11) is 0. The first kappa shape index (κ1) is 10.4. The van der Waals surface area contributed by atoms with Crippen LogP contribution in [0.3, 0.4) is 0 Å². The number of rotatable bonds is 1. The van der Waals surface area contributed by atoms with E-state index in [1.54, 1.807) is 0 Å². The van der Waals surface area contributed by atoms with Crippen LogP contribution in [-0.4, -0.2) is 24.5 Å². The zero-order valence-corrected chi connectivity index (χ0v) is 10.5. The number of ether oxygens (including phenoxy) is 1. The van der Waals surface area contributed by atoms with Gasteiger partial charge in [0.15, 0.2) is 5.82 Å². The molecule has 1 aromatic heterocycles. The van der Waals surface area contributed by atoms with Crippen LogP contribution in [-0.2, 0) is 4.74 Å². The summed E-state index contributed by atoms with van der Waals surface area (Å²) in [5.41, 5.74) is 1.08. The maximum Gasteiger partial charge on any atom is 0.156 e. The van der Waals surface area contributed by atoms with Crippen LogP contribution in [0.4, 0.5) is 11.5 Å². The Morgan fingerprint density at radius 1 is 1.50 bits per heavy atom. The smallest absolute Gasteiger partial charge is 0.156 e. The summed E-state index contributed by atoms with van der Waals surface area (Å²) in [5, 5.41) is 3.35. The third kappa shape index (κ3) is 1.68. The molecule has 1 N–H and O–H groups in total. The third-order valence-corrected chi connectivity index (χ3v) is 3.74. The molecule has 0 bridgehead atoms. The van der Waals surface area contributed by atoms with Gasteiger partial charge < -0.3 is 15.0 Å². The van der Waals surface area contributed by atoms with E-state index < -0.39 is 0 Å². The molecule has 1 saturated heterocycles. The van der Waals surface area contributed by atoms with Gasteiger partial charge in [0.05, 0.1) is 12.4 Å². The number of nitrogens with zero attached hydrogens (tertiary/aromatic N) is 2. The lowest BCUT2D eigenvalue weighted by Gasteiger charge is -2.31. The van der Waals surface area contributed by atoms with E-state index in [9.17, 15) is 0 Å². The van der Waals surface area contributed by atoms with Crippen molar-refractivity contribution in [3.8, 4) is 0 Å². The summed E-state index contributed by atoms with van der Waals surface area (Å²) < 4.78 is 6.85. The second kappa shape index (κ2) is 4.22. The minimum absolute atomic E-state index is 0.185. The van der Waals surface area contributed by atoms with Crippen LogP contribution in [0.1, 0.15) is 19.3 Å². The Kier molecular flexibility index (Phi) is 2.73. The lowest BCUT2D eigenvalue weighted by molar-refractivity contribution is 0.0155. The molecule has 0 aliphatic carbocycles. The Hall–Kier alpha value is -0.810. The van der Waals surface area contributed by atoms with Gasteiger partial charge in [-0.05, 0) is 41.3 Å². The molecule has 2 aliphatic heterocycles. The number of hydrogen-bond donors (Lipinski definition) is 1. The predicted octanol–water partition coefficient (Wildman–Crippen LogP) is 2.56. The minimum Gasteiger partial charge on any atom is -0.364 e. The van der Waals surface area contributed by atoms with Crippen LogP contribution in [0, 0.1) is 0 Å². The molecule has 86 valence electrons. The van der Waals surface area contributed by atoms with E-state index in [0.29, 0.717) is 0 Å². The molecule has 16 heavy (non-hydrogen) atoms. The number of halogens is 1. The Labute approximate surface area is 103 Å². The molecule has 1 fully saturated rings. The molecule has 0 aromatic carbocycles. The summed E-state index contributed by atoms with van der Waals surface area (Å²) in [4.78, 5) is 6.64. The summed E-state index contributed by atoms with van der Waals surface area (Å²) in [6, 6.07) is 1.96. The monoisotopic (exact) mass is 283 g/mol. The van der Waals surface area contributed by atoms with Crippen molar-refractivity contribution in [1.29, 1.82) is 0 Å². The van der Waals surface area contributed by atoms with Crippen LogP contribution in [0.5, 0.6) is 0 Å². The third-order valence-electron chi connectivity index (χ3n) is 3.08. The number of anilines is 2. The van der Waals surface area contributed by atoms with Crippen molar-refractivity contribution in [3.63, 3.8) is 0 Å². The molecule has 3 heterocycles. The molecule has 0 spiro atoms. The fraction of sp³-hybridized carbons (Fsp3) is 0.545. The first-order valence-corrected chi connectivity index (χ1v) is 6.42. The highest BCUT2D eigenvalue weighted by Crippen LogP contribution is 2.37. The summed E-state index contributed by atoms with van der Waals surface area (Å²) >= 11 is 3.53. The minimum atomic E-state index is 0.185. The molecular weight excluding hydrogens is 270 g/mol. The highest BCUT2D eigenvalue weighted by atomic mass is 79.9. The lowest BCUT2D eigenvalue weighted by atomic mass is 10.2. The van der Waals surface area contributed by atoms with Crippen molar-refractivity contribution >= 4 is 27.4 Å². The standard InChI is InChI=1S/C11H14BrN3O/c12-8-4-5-13-11-10(8)14-7-15(11)9-3-1-2-6-16-9/h4-5,9,14H,1-3,6-7H2. The van der Waals surface area contributed by atoms with Gasteiger partial charge in [0.1, 0.15) is 6.23 Å². The van der Waals surface area contributed by atoms with Gasteiger partial charge in [0.25, 0.3) is 0 Å². The first-order chi connectivity index (χ1) is 7.86. The number of nitrogens with one attached hydrogen (secondary N) is 1. The van der Waals surface area contributed by atoms with E-state index >= 15 is 0 Å². The Balaban J connectivity index is 1.87. The molecular formula is C11H14BrN3O. The van der Waals surface area contributed by atoms with Gasteiger partial charge in [0, 0.05) is 17.3 Å². The van der Waals surface area contributed by atoms with Gasteiger partial charge in [-0.25, -0.2) is 4.98 Å². The Morgan fingerprint density at radius 3 is 3.25 bits per heavy atom. The topological polar surface area (TPSA) is 37.4 Å². The number of aromatic nitrogens is 1. The van der Waals surface area contributed by atoms with Crippen LogP contribution in [0.25, 0.3) is 0 Å². The van der Waals surface area contributed by atoms with Crippen molar-refractivity contribution in [3.05, 3.63) is 16.7 Å². The van der Waals surface area contributed by atoms with Gasteiger partial charge in [-0.2, -0.15) is 0 Å². The van der Waals surface area contributed by atoms with E-state index in [2.05, 4.69) is 31.1 Å². The first-order valence-electron chi connectivity index (χ1n) is 5.63. The zero-order chi connectivity index (χ0) is 11.0. The van der Waals surface area contributed by atoms with Gasteiger partial charge >= 0.3 is 0 Å². The van der Waals surface area contributed by atoms with Gasteiger partial charge in [-0.3, -0.25) is 0 Å². The predicted molar refractivity (Wildman–Crippen MR) is 66.5 cm³/mol. The lowest BCUT2D eigenvalue weighted by Crippen LogP contribution is -2.39. The molecule has 2 aliphatic rings. The molecule has 1 aromatic rings. The SMILES string of the molecule is Brc1ccnc2c1NCN2C1CCCCO1.